The summed E-state index contributed by atoms with van der Waals surface area (Å²) in [5.74, 6) is -0.325. The molecule has 1 aromatic carbocycles. The number of methoxy groups -OCH3 is 1. The summed E-state index contributed by atoms with van der Waals surface area (Å²) in [6, 6.07) is 4.83. The first-order valence-corrected chi connectivity index (χ1v) is 5.55. The van der Waals surface area contributed by atoms with E-state index in [2.05, 4.69) is 4.74 Å². The molecule has 1 aromatic rings. The fourth-order valence-electron chi connectivity index (χ4n) is 1.86. The molecule has 94 valence electrons. The number of ether oxygens (including phenoxy) is 1. The van der Waals surface area contributed by atoms with Gasteiger partial charge in [-0.15, -0.1) is 0 Å². The summed E-state index contributed by atoms with van der Waals surface area (Å²) in [5.41, 5.74) is 1.51. The summed E-state index contributed by atoms with van der Waals surface area (Å²) in [7, 11) is 1.32. The number of alkyl halides is 2. The summed E-state index contributed by atoms with van der Waals surface area (Å²) in [6.45, 7) is 1.84. The normalized spacial score (nSPS) is 10.6. The number of halogens is 2. The standard InChI is InChI=1S/C13H16F2O2/c1-3-10-9(7-8-12(16)17-2)5-4-6-11(10)13(14)15/h4-6,13H,3,7-8H2,1-2H3. The van der Waals surface area contributed by atoms with Gasteiger partial charge in [-0.1, -0.05) is 25.1 Å². The Morgan fingerprint density at radius 1 is 1.41 bits per heavy atom. The van der Waals surface area contributed by atoms with Crippen LogP contribution < -0.4 is 0 Å². The van der Waals surface area contributed by atoms with Crippen LogP contribution in [0.4, 0.5) is 8.78 Å². The van der Waals surface area contributed by atoms with Crippen molar-refractivity contribution in [1.29, 1.82) is 0 Å². The average molecular weight is 242 g/mol. The van der Waals surface area contributed by atoms with Gasteiger partial charge in [-0.3, -0.25) is 4.79 Å². The van der Waals surface area contributed by atoms with Crippen molar-refractivity contribution < 1.29 is 18.3 Å². The SMILES string of the molecule is CCc1c(CCC(=O)OC)cccc1C(F)F. The number of hydrogen-bond acceptors (Lipinski definition) is 2. The summed E-state index contributed by atoms with van der Waals surface area (Å²) in [5, 5.41) is 0. The van der Waals surface area contributed by atoms with Gasteiger partial charge < -0.3 is 4.74 Å². The number of carbonyl (C=O) groups excluding carboxylic acids is 1. The molecule has 0 spiro atoms. The van der Waals surface area contributed by atoms with Gasteiger partial charge in [0.25, 0.3) is 6.43 Å². The van der Waals surface area contributed by atoms with Gasteiger partial charge in [-0.25, -0.2) is 8.78 Å². The third kappa shape index (κ3) is 3.51. The van der Waals surface area contributed by atoms with Crippen LogP contribution in [0.5, 0.6) is 0 Å². The molecule has 0 bridgehead atoms. The molecule has 2 nitrogen and oxygen atoms in total. The molecule has 4 heteroatoms. The highest BCUT2D eigenvalue weighted by Gasteiger charge is 2.15. The molecule has 0 aromatic heterocycles. The predicted molar refractivity (Wildman–Crippen MR) is 61.1 cm³/mol. The number of esters is 1. The van der Waals surface area contributed by atoms with Gasteiger partial charge in [0, 0.05) is 12.0 Å². The highest BCUT2D eigenvalue weighted by atomic mass is 19.3. The minimum atomic E-state index is -2.47. The molecule has 0 unspecified atom stereocenters. The quantitative estimate of drug-likeness (QED) is 0.740. The Bertz CT molecular complexity index is 389. The number of carbonyl (C=O) groups is 1. The van der Waals surface area contributed by atoms with Gasteiger partial charge in [0.15, 0.2) is 0 Å². The van der Waals surface area contributed by atoms with E-state index in [9.17, 15) is 13.6 Å². The van der Waals surface area contributed by atoms with E-state index >= 15 is 0 Å². The Kier molecular flexibility index (Phi) is 5.07. The largest absolute Gasteiger partial charge is 0.469 e. The monoisotopic (exact) mass is 242 g/mol. The lowest BCUT2D eigenvalue weighted by molar-refractivity contribution is -0.140. The second kappa shape index (κ2) is 6.33. The van der Waals surface area contributed by atoms with E-state index in [1.54, 1.807) is 12.1 Å². The van der Waals surface area contributed by atoms with Crippen molar-refractivity contribution in [3.63, 3.8) is 0 Å². The summed E-state index contributed by atoms with van der Waals surface area (Å²) < 4.78 is 30.1. The Hall–Kier alpha value is -1.45. The molecule has 1 rings (SSSR count). The van der Waals surface area contributed by atoms with Crippen molar-refractivity contribution in [1.82, 2.24) is 0 Å². The predicted octanol–water partition coefficient (Wildman–Crippen LogP) is 3.29. The zero-order valence-corrected chi connectivity index (χ0v) is 10.0. The van der Waals surface area contributed by atoms with Crippen molar-refractivity contribution in [3.05, 3.63) is 34.9 Å². The number of hydrogen-bond donors (Lipinski definition) is 0. The van der Waals surface area contributed by atoms with Crippen LogP contribution in [0, 0.1) is 0 Å². The average Bonchev–Trinajstić information content (AvgIpc) is 2.34. The van der Waals surface area contributed by atoms with Gasteiger partial charge >= 0.3 is 5.97 Å². The Morgan fingerprint density at radius 3 is 2.65 bits per heavy atom. The molecule has 0 aliphatic carbocycles. The molecule has 0 radical (unpaired) electrons. The molecule has 0 heterocycles. The molecular weight excluding hydrogens is 226 g/mol. The van der Waals surface area contributed by atoms with E-state index in [0.29, 0.717) is 18.4 Å². The van der Waals surface area contributed by atoms with E-state index < -0.39 is 6.43 Å². The number of benzene rings is 1. The van der Waals surface area contributed by atoms with Crippen LogP contribution in [-0.4, -0.2) is 13.1 Å². The minimum Gasteiger partial charge on any atom is -0.469 e. The van der Waals surface area contributed by atoms with Crippen molar-refractivity contribution in [2.75, 3.05) is 7.11 Å². The lowest BCUT2D eigenvalue weighted by Gasteiger charge is -2.12. The maximum absolute atomic E-state index is 12.8. The molecule has 0 aliphatic rings. The first-order valence-electron chi connectivity index (χ1n) is 5.55. The second-order valence-electron chi connectivity index (χ2n) is 3.72. The molecule has 0 atom stereocenters. The fourth-order valence-corrected chi connectivity index (χ4v) is 1.86. The van der Waals surface area contributed by atoms with E-state index in [-0.39, 0.29) is 18.0 Å². The Balaban J connectivity index is 2.91. The molecule has 0 saturated heterocycles. The van der Waals surface area contributed by atoms with Crippen LogP contribution in [0.15, 0.2) is 18.2 Å². The van der Waals surface area contributed by atoms with E-state index in [1.807, 2.05) is 6.92 Å². The third-order valence-corrected chi connectivity index (χ3v) is 2.72. The minimum absolute atomic E-state index is 0.0647. The zero-order valence-electron chi connectivity index (χ0n) is 10.0. The summed E-state index contributed by atoms with van der Waals surface area (Å²) >= 11 is 0. The second-order valence-corrected chi connectivity index (χ2v) is 3.72. The van der Waals surface area contributed by atoms with Gasteiger partial charge in [0.2, 0.25) is 0 Å². The Labute approximate surface area is 99.6 Å². The van der Waals surface area contributed by atoms with E-state index in [1.165, 1.54) is 13.2 Å². The highest BCUT2D eigenvalue weighted by Crippen LogP contribution is 2.26. The molecule has 0 saturated carbocycles. The smallest absolute Gasteiger partial charge is 0.305 e. The number of aryl methyl sites for hydroxylation is 1. The van der Waals surface area contributed by atoms with Crippen molar-refractivity contribution in [3.8, 4) is 0 Å². The van der Waals surface area contributed by atoms with Gasteiger partial charge in [-0.2, -0.15) is 0 Å². The molecule has 0 aliphatic heterocycles. The lowest BCUT2D eigenvalue weighted by Crippen LogP contribution is -2.05. The van der Waals surface area contributed by atoms with Crippen LogP contribution >= 0.6 is 0 Å². The van der Waals surface area contributed by atoms with Crippen LogP contribution in [0.2, 0.25) is 0 Å². The lowest BCUT2D eigenvalue weighted by atomic mass is 9.96. The van der Waals surface area contributed by atoms with E-state index in [4.69, 9.17) is 0 Å². The topological polar surface area (TPSA) is 26.3 Å². The van der Waals surface area contributed by atoms with E-state index in [0.717, 1.165) is 5.56 Å². The zero-order chi connectivity index (χ0) is 12.8. The Morgan fingerprint density at radius 2 is 2.12 bits per heavy atom. The highest BCUT2D eigenvalue weighted by molar-refractivity contribution is 5.69. The van der Waals surface area contributed by atoms with Gasteiger partial charge in [0.05, 0.1) is 7.11 Å². The molecule has 0 fully saturated rings. The van der Waals surface area contributed by atoms with Crippen LogP contribution in [0.3, 0.4) is 0 Å². The van der Waals surface area contributed by atoms with Crippen LogP contribution in [0.1, 0.15) is 36.5 Å². The summed E-state index contributed by atoms with van der Waals surface area (Å²) in [4.78, 5) is 11.0. The first-order chi connectivity index (χ1) is 8.10. The molecule has 0 amide bonds. The maximum Gasteiger partial charge on any atom is 0.305 e. The fraction of sp³-hybridized carbons (Fsp3) is 0.462. The van der Waals surface area contributed by atoms with Crippen molar-refractivity contribution in [2.45, 2.75) is 32.6 Å². The van der Waals surface area contributed by atoms with Crippen LogP contribution in [-0.2, 0) is 22.4 Å². The first kappa shape index (κ1) is 13.6. The number of rotatable bonds is 5. The van der Waals surface area contributed by atoms with Crippen molar-refractivity contribution >= 4 is 5.97 Å². The molecule has 17 heavy (non-hydrogen) atoms. The van der Waals surface area contributed by atoms with Gasteiger partial charge in [0.1, 0.15) is 0 Å². The third-order valence-electron chi connectivity index (χ3n) is 2.72. The van der Waals surface area contributed by atoms with Crippen molar-refractivity contribution in [2.24, 2.45) is 0 Å². The molecule has 0 N–H and O–H groups in total. The molecular formula is C13H16F2O2. The maximum atomic E-state index is 12.8. The van der Waals surface area contributed by atoms with Crippen LogP contribution in [0.25, 0.3) is 0 Å². The van der Waals surface area contributed by atoms with Gasteiger partial charge in [-0.05, 0) is 24.0 Å². The summed E-state index contributed by atoms with van der Waals surface area (Å²) in [6.07, 6.45) is -1.27.